The first-order chi connectivity index (χ1) is 13.2. The lowest BCUT2D eigenvalue weighted by molar-refractivity contribution is -0.143. The quantitative estimate of drug-likeness (QED) is 0.859. The maximum Gasteiger partial charge on any atom is 0.335 e. The molecule has 1 aliphatic heterocycles. The van der Waals surface area contributed by atoms with Crippen LogP contribution in [0.4, 0.5) is 0 Å². The van der Waals surface area contributed by atoms with Gasteiger partial charge in [-0.05, 0) is 44.4 Å². The number of likely N-dealkylation sites (tertiary alicyclic amines) is 1. The molecule has 1 saturated heterocycles. The van der Waals surface area contributed by atoms with Gasteiger partial charge in [-0.25, -0.2) is 14.8 Å². The molecule has 0 radical (unpaired) electrons. The zero-order valence-corrected chi connectivity index (χ0v) is 16.9. The van der Waals surface area contributed by atoms with Crippen LogP contribution in [0.1, 0.15) is 68.0 Å². The highest BCUT2D eigenvalue weighted by Crippen LogP contribution is 2.33. The van der Waals surface area contributed by atoms with Crippen LogP contribution in [0, 0.1) is 12.3 Å². The van der Waals surface area contributed by atoms with E-state index in [-0.39, 0.29) is 17.5 Å². The molecule has 1 aliphatic rings. The monoisotopic (exact) mass is 381 g/mol. The highest BCUT2D eigenvalue weighted by Gasteiger charge is 2.35. The average Bonchev–Trinajstić information content (AvgIpc) is 2.66. The average molecular weight is 381 g/mol. The van der Waals surface area contributed by atoms with Gasteiger partial charge in [0.1, 0.15) is 0 Å². The third-order valence-corrected chi connectivity index (χ3v) is 4.98. The van der Waals surface area contributed by atoms with E-state index < -0.39 is 11.4 Å². The lowest BCUT2D eigenvalue weighted by Gasteiger charge is -2.38. The Morgan fingerprint density at radius 1 is 1.14 bits per heavy atom. The number of benzene rings is 1. The van der Waals surface area contributed by atoms with Gasteiger partial charge in [0.25, 0.3) is 0 Å². The van der Waals surface area contributed by atoms with Crippen molar-refractivity contribution in [3.63, 3.8) is 0 Å². The summed E-state index contributed by atoms with van der Waals surface area (Å²) in [5.74, 6) is -0.230. The third kappa shape index (κ3) is 4.21. The SMILES string of the molecule is Cc1cc(-c2cccc(C(=O)O)c2)nc([C@H]2CCCCN2C(=O)C(C)(C)C)n1. The van der Waals surface area contributed by atoms with Gasteiger partial charge < -0.3 is 10.0 Å². The minimum absolute atomic E-state index is 0.108. The van der Waals surface area contributed by atoms with Crippen molar-refractivity contribution in [1.82, 2.24) is 14.9 Å². The van der Waals surface area contributed by atoms with Crippen LogP contribution >= 0.6 is 0 Å². The van der Waals surface area contributed by atoms with E-state index in [2.05, 4.69) is 4.98 Å². The Balaban J connectivity index is 2.01. The van der Waals surface area contributed by atoms with E-state index in [0.717, 1.165) is 30.5 Å². The summed E-state index contributed by atoms with van der Waals surface area (Å²) in [6.07, 6.45) is 2.84. The number of aryl methyl sites for hydroxylation is 1. The third-order valence-electron chi connectivity index (χ3n) is 4.98. The van der Waals surface area contributed by atoms with Crippen LogP contribution < -0.4 is 0 Å². The molecule has 0 saturated carbocycles. The van der Waals surface area contributed by atoms with E-state index in [1.165, 1.54) is 0 Å². The molecule has 3 rings (SSSR count). The number of aromatic carboxylic acids is 1. The summed E-state index contributed by atoms with van der Waals surface area (Å²) in [7, 11) is 0. The van der Waals surface area contributed by atoms with Gasteiger partial charge in [-0.2, -0.15) is 0 Å². The minimum atomic E-state index is -0.970. The number of carbonyl (C=O) groups excluding carboxylic acids is 1. The van der Waals surface area contributed by atoms with Gasteiger partial charge in [-0.1, -0.05) is 32.9 Å². The minimum Gasteiger partial charge on any atom is -0.478 e. The van der Waals surface area contributed by atoms with Crippen molar-refractivity contribution in [1.29, 1.82) is 0 Å². The summed E-state index contributed by atoms with van der Waals surface area (Å²) in [6, 6.07) is 8.44. The maximum absolute atomic E-state index is 13.0. The first-order valence-electron chi connectivity index (χ1n) is 9.67. The topological polar surface area (TPSA) is 83.4 Å². The van der Waals surface area contributed by atoms with Gasteiger partial charge in [0.15, 0.2) is 5.82 Å². The maximum atomic E-state index is 13.0. The van der Waals surface area contributed by atoms with Crippen LogP contribution in [0.15, 0.2) is 30.3 Å². The van der Waals surface area contributed by atoms with Gasteiger partial charge in [-0.3, -0.25) is 4.79 Å². The molecule has 6 heteroatoms. The second-order valence-corrected chi connectivity index (χ2v) is 8.40. The number of hydrogen-bond acceptors (Lipinski definition) is 4. The van der Waals surface area contributed by atoms with E-state index in [9.17, 15) is 14.7 Å². The Labute approximate surface area is 165 Å². The largest absolute Gasteiger partial charge is 0.478 e. The van der Waals surface area contributed by atoms with E-state index >= 15 is 0 Å². The molecular formula is C22H27N3O3. The molecule has 2 aromatic rings. The molecule has 1 atom stereocenters. The fraction of sp³-hybridized carbons (Fsp3) is 0.455. The number of carbonyl (C=O) groups is 2. The number of amides is 1. The number of rotatable bonds is 3. The zero-order valence-electron chi connectivity index (χ0n) is 16.9. The van der Waals surface area contributed by atoms with Gasteiger partial charge in [0.05, 0.1) is 17.3 Å². The summed E-state index contributed by atoms with van der Waals surface area (Å²) in [5, 5.41) is 9.26. The molecule has 1 amide bonds. The summed E-state index contributed by atoms with van der Waals surface area (Å²) in [5.41, 5.74) is 1.97. The lowest BCUT2D eigenvalue weighted by Crippen LogP contribution is -2.44. The Kier molecular flexibility index (Phi) is 5.49. The van der Waals surface area contributed by atoms with Crippen LogP contribution in [0.3, 0.4) is 0 Å². The first kappa shape index (κ1) is 20.0. The summed E-state index contributed by atoms with van der Waals surface area (Å²) in [6.45, 7) is 8.40. The molecule has 1 N–H and O–H groups in total. The van der Waals surface area contributed by atoms with Crippen molar-refractivity contribution in [3.05, 3.63) is 47.4 Å². The number of nitrogens with zero attached hydrogens (tertiary/aromatic N) is 3. The summed E-state index contributed by atoms with van der Waals surface area (Å²) >= 11 is 0. The molecule has 0 aliphatic carbocycles. The summed E-state index contributed by atoms with van der Waals surface area (Å²) in [4.78, 5) is 35.6. The van der Waals surface area contributed by atoms with Gasteiger partial charge >= 0.3 is 5.97 Å². The molecule has 0 spiro atoms. The van der Waals surface area contributed by atoms with Crippen LogP contribution in [-0.4, -0.2) is 38.4 Å². The van der Waals surface area contributed by atoms with Crippen LogP contribution in [0.5, 0.6) is 0 Å². The predicted molar refractivity (Wildman–Crippen MR) is 107 cm³/mol. The summed E-state index contributed by atoms with van der Waals surface area (Å²) < 4.78 is 0. The van der Waals surface area contributed by atoms with Gasteiger partial charge in [0.2, 0.25) is 5.91 Å². The zero-order chi connectivity index (χ0) is 20.5. The Hall–Kier alpha value is -2.76. The molecule has 0 bridgehead atoms. The molecule has 1 fully saturated rings. The van der Waals surface area contributed by atoms with Crippen molar-refractivity contribution in [2.75, 3.05) is 6.54 Å². The normalized spacial score (nSPS) is 17.4. The second kappa shape index (κ2) is 7.70. The van der Waals surface area contributed by atoms with Crippen molar-refractivity contribution in [2.45, 2.75) is 53.0 Å². The van der Waals surface area contributed by atoms with E-state index in [0.29, 0.717) is 18.1 Å². The number of aromatic nitrogens is 2. The first-order valence-corrected chi connectivity index (χ1v) is 9.67. The van der Waals surface area contributed by atoms with Crippen LogP contribution in [0.2, 0.25) is 0 Å². The lowest BCUT2D eigenvalue weighted by atomic mass is 9.91. The second-order valence-electron chi connectivity index (χ2n) is 8.40. The molecule has 1 aromatic carbocycles. The number of hydrogen-bond donors (Lipinski definition) is 1. The Morgan fingerprint density at radius 3 is 2.57 bits per heavy atom. The van der Waals surface area contributed by atoms with Crippen molar-refractivity contribution in [3.8, 4) is 11.3 Å². The molecule has 1 aromatic heterocycles. The number of piperidine rings is 1. The highest BCUT2D eigenvalue weighted by molar-refractivity contribution is 5.89. The van der Waals surface area contributed by atoms with Crippen molar-refractivity contribution < 1.29 is 14.7 Å². The van der Waals surface area contributed by atoms with Gasteiger partial charge in [-0.15, -0.1) is 0 Å². The molecule has 0 unspecified atom stereocenters. The molecular weight excluding hydrogens is 354 g/mol. The number of carboxylic acid groups (broad SMARTS) is 1. The highest BCUT2D eigenvalue weighted by atomic mass is 16.4. The van der Waals surface area contributed by atoms with Crippen molar-refractivity contribution in [2.24, 2.45) is 5.41 Å². The van der Waals surface area contributed by atoms with Crippen LogP contribution in [0.25, 0.3) is 11.3 Å². The van der Waals surface area contributed by atoms with E-state index in [1.807, 2.05) is 44.7 Å². The predicted octanol–water partition coefficient (Wildman–Crippen LogP) is 4.25. The van der Waals surface area contributed by atoms with Crippen LogP contribution in [-0.2, 0) is 4.79 Å². The molecule has 148 valence electrons. The van der Waals surface area contributed by atoms with E-state index in [4.69, 9.17) is 4.98 Å². The van der Waals surface area contributed by atoms with Crippen molar-refractivity contribution >= 4 is 11.9 Å². The fourth-order valence-corrected chi connectivity index (χ4v) is 3.57. The molecule has 28 heavy (non-hydrogen) atoms. The van der Waals surface area contributed by atoms with E-state index in [1.54, 1.807) is 18.2 Å². The molecule has 6 nitrogen and oxygen atoms in total. The Bertz CT molecular complexity index is 902. The fourth-order valence-electron chi connectivity index (χ4n) is 3.57. The Morgan fingerprint density at radius 2 is 1.89 bits per heavy atom. The smallest absolute Gasteiger partial charge is 0.335 e. The van der Waals surface area contributed by atoms with Gasteiger partial charge in [0, 0.05) is 23.2 Å². The molecule has 2 heterocycles. The standard InChI is InChI=1S/C22H27N3O3/c1-14-12-17(15-8-7-9-16(13-15)20(26)27)24-19(23-14)18-10-5-6-11-25(18)21(28)22(2,3)4/h7-9,12-13,18H,5-6,10-11H2,1-4H3,(H,26,27)/t18-/m1/s1. The number of carboxylic acids is 1.